The Balaban J connectivity index is 1.43. The first kappa shape index (κ1) is 22.2. The van der Waals surface area contributed by atoms with Crippen molar-refractivity contribution in [3.63, 3.8) is 0 Å². The number of hydrogen-bond donors (Lipinski definition) is 3. The van der Waals surface area contributed by atoms with Gasteiger partial charge in [-0.3, -0.25) is 4.98 Å². The van der Waals surface area contributed by atoms with E-state index >= 15 is 0 Å². The summed E-state index contributed by atoms with van der Waals surface area (Å²) in [4.78, 5) is 22.7. The molecule has 6 rings (SSSR count). The number of nitrogens with zero attached hydrogens (tertiary/aromatic N) is 5. The molecular formula is C27H25FN8. The molecule has 2 atom stereocenters. The van der Waals surface area contributed by atoms with Gasteiger partial charge in [-0.1, -0.05) is 25.2 Å². The van der Waals surface area contributed by atoms with E-state index in [1.807, 2.05) is 18.3 Å². The van der Waals surface area contributed by atoms with Gasteiger partial charge in [-0.25, -0.2) is 24.3 Å². The van der Waals surface area contributed by atoms with Crippen molar-refractivity contribution >= 4 is 33.9 Å². The van der Waals surface area contributed by atoms with Crippen molar-refractivity contribution in [2.45, 2.75) is 19.4 Å². The first-order valence-electron chi connectivity index (χ1n) is 12.0. The third-order valence-corrected chi connectivity index (χ3v) is 6.60. The van der Waals surface area contributed by atoms with Crippen molar-refractivity contribution in [1.82, 2.24) is 30.2 Å². The zero-order valence-corrected chi connectivity index (χ0v) is 19.7. The quantitative estimate of drug-likeness (QED) is 0.364. The maximum Gasteiger partial charge on any atom is 0.167 e. The fourth-order valence-electron chi connectivity index (χ4n) is 4.55. The maximum absolute atomic E-state index is 14.1. The molecule has 0 bridgehead atoms. The van der Waals surface area contributed by atoms with Gasteiger partial charge in [0.1, 0.15) is 11.6 Å². The Morgan fingerprint density at radius 3 is 2.81 bits per heavy atom. The van der Waals surface area contributed by atoms with E-state index in [0.29, 0.717) is 17.6 Å². The number of halogens is 1. The zero-order valence-electron chi connectivity index (χ0n) is 19.7. The summed E-state index contributed by atoms with van der Waals surface area (Å²) in [6.45, 7) is 4.16. The van der Waals surface area contributed by atoms with Gasteiger partial charge >= 0.3 is 0 Å². The number of fused-ring (bicyclic) bond motifs is 1. The fourth-order valence-corrected chi connectivity index (χ4v) is 4.55. The number of anilines is 3. The van der Waals surface area contributed by atoms with Crippen LogP contribution < -0.4 is 16.0 Å². The molecule has 2 aliphatic rings. The van der Waals surface area contributed by atoms with Gasteiger partial charge in [-0.2, -0.15) is 0 Å². The summed E-state index contributed by atoms with van der Waals surface area (Å²) in [6, 6.07) is 6.81. The van der Waals surface area contributed by atoms with Gasteiger partial charge in [-0.05, 0) is 55.3 Å². The van der Waals surface area contributed by atoms with E-state index in [0.717, 1.165) is 52.9 Å². The number of allylic oxidation sites excluding steroid dienone is 4. The fraction of sp³-hybridized carbons (Fsp3) is 0.222. The van der Waals surface area contributed by atoms with Crippen LogP contribution in [0.1, 0.15) is 18.9 Å². The normalized spacial score (nSPS) is 19.0. The molecule has 0 spiro atoms. The van der Waals surface area contributed by atoms with Gasteiger partial charge < -0.3 is 16.0 Å². The maximum atomic E-state index is 14.1. The van der Waals surface area contributed by atoms with Gasteiger partial charge in [0.25, 0.3) is 0 Å². The lowest BCUT2D eigenvalue weighted by atomic mass is 9.94. The van der Waals surface area contributed by atoms with Gasteiger partial charge in [0, 0.05) is 35.8 Å². The summed E-state index contributed by atoms with van der Waals surface area (Å²) in [5, 5.41) is 11.1. The molecular weight excluding hydrogens is 455 g/mol. The summed E-state index contributed by atoms with van der Waals surface area (Å²) < 4.78 is 14.1. The highest BCUT2D eigenvalue weighted by Crippen LogP contribution is 2.34. The van der Waals surface area contributed by atoms with Crippen molar-refractivity contribution in [2.24, 2.45) is 5.92 Å². The number of piperidine rings is 1. The van der Waals surface area contributed by atoms with Gasteiger partial charge in [-0.15, -0.1) is 0 Å². The molecule has 0 amide bonds. The molecule has 0 saturated carbocycles. The third-order valence-electron chi connectivity index (χ3n) is 6.60. The van der Waals surface area contributed by atoms with Crippen LogP contribution in [0.4, 0.5) is 21.8 Å². The molecule has 0 radical (unpaired) electrons. The molecule has 0 unspecified atom stereocenters. The standard InChI is InChI=1S/C27H25FN8/c1-16-13-29-10-8-21(16)33-27-24-19(17-4-2-5-17)14-30-15-22(24)34-25(36-27)18-7-11-31-23(12-18)35-26-20(28)6-3-9-32-26/h2-7,9,11-12,14-16,21,29H,8,10,13H2,1H3,(H,31,32,35)(H,33,34,36)/t16-,21+/m1/s1. The molecule has 36 heavy (non-hydrogen) atoms. The van der Waals surface area contributed by atoms with E-state index in [9.17, 15) is 4.39 Å². The Morgan fingerprint density at radius 2 is 2.00 bits per heavy atom. The van der Waals surface area contributed by atoms with E-state index in [1.54, 1.807) is 24.5 Å². The zero-order chi connectivity index (χ0) is 24.5. The van der Waals surface area contributed by atoms with E-state index in [4.69, 9.17) is 9.97 Å². The van der Waals surface area contributed by atoms with Crippen LogP contribution in [0, 0.1) is 11.7 Å². The van der Waals surface area contributed by atoms with Crippen LogP contribution in [0.15, 0.2) is 67.3 Å². The van der Waals surface area contributed by atoms with E-state index < -0.39 is 5.82 Å². The highest BCUT2D eigenvalue weighted by Gasteiger charge is 2.24. The number of pyridine rings is 3. The predicted molar refractivity (Wildman–Crippen MR) is 139 cm³/mol. The van der Waals surface area contributed by atoms with Crippen LogP contribution in [-0.2, 0) is 0 Å². The number of rotatable bonds is 6. The van der Waals surface area contributed by atoms with Crippen molar-refractivity contribution in [3.8, 4) is 11.4 Å². The first-order valence-corrected chi connectivity index (χ1v) is 12.0. The van der Waals surface area contributed by atoms with E-state index in [2.05, 4.69) is 50.0 Å². The molecule has 1 fully saturated rings. The summed E-state index contributed by atoms with van der Waals surface area (Å²) in [6.07, 6.45) is 14.0. The third kappa shape index (κ3) is 4.29. The molecule has 9 heteroatoms. The Bertz CT molecular complexity index is 1500. The summed E-state index contributed by atoms with van der Waals surface area (Å²) >= 11 is 0. The monoisotopic (exact) mass is 480 g/mol. The molecule has 4 aromatic heterocycles. The van der Waals surface area contributed by atoms with Crippen molar-refractivity contribution in [3.05, 3.63) is 78.7 Å². The van der Waals surface area contributed by atoms with Crippen molar-refractivity contribution < 1.29 is 4.39 Å². The Kier molecular flexibility index (Phi) is 5.82. The van der Waals surface area contributed by atoms with Crippen LogP contribution in [0.3, 0.4) is 0 Å². The lowest BCUT2D eigenvalue weighted by molar-refractivity contribution is 0.368. The van der Waals surface area contributed by atoms with Crippen LogP contribution in [-0.4, -0.2) is 44.1 Å². The molecule has 8 nitrogen and oxygen atoms in total. The van der Waals surface area contributed by atoms with Crippen LogP contribution >= 0.6 is 0 Å². The number of nitrogens with one attached hydrogen (secondary N) is 3. The average Bonchev–Trinajstić information content (AvgIpc) is 2.86. The minimum absolute atomic E-state index is 0.111. The Hall–Kier alpha value is -4.24. The largest absolute Gasteiger partial charge is 0.366 e. The Labute approximate surface area is 207 Å². The SMILES string of the molecule is C[C@@H]1CNCC[C@@H]1Nc1nc(-c2ccnc(Nc3ncccc3F)c2)nc2cncc(C3=CC=C3)c12. The Morgan fingerprint density at radius 1 is 1.08 bits per heavy atom. The highest BCUT2D eigenvalue weighted by molar-refractivity contribution is 6.02. The molecule has 1 saturated heterocycles. The molecule has 1 aliphatic heterocycles. The lowest BCUT2D eigenvalue weighted by Crippen LogP contribution is -2.42. The molecule has 3 N–H and O–H groups in total. The first-order chi connectivity index (χ1) is 17.7. The predicted octanol–water partition coefficient (Wildman–Crippen LogP) is 4.73. The smallest absolute Gasteiger partial charge is 0.167 e. The summed E-state index contributed by atoms with van der Waals surface area (Å²) in [5.41, 5.74) is 3.62. The van der Waals surface area contributed by atoms with Gasteiger partial charge in [0.15, 0.2) is 17.5 Å². The molecule has 0 aromatic carbocycles. The van der Waals surface area contributed by atoms with Gasteiger partial charge in [0.05, 0.1) is 17.1 Å². The topological polar surface area (TPSA) is 101 Å². The lowest BCUT2D eigenvalue weighted by Gasteiger charge is -2.31. The second-order valence-corrected chi connectivity index (χ2v) is 9.07. The number of aromatic nitrogens is 5. The highest BCUT2D eigenvalue weighted by atomic mass is 19.1. The van der Waals surface area contributed by atoms with Gasteiger partial charge in [0.2, 0.25) is 0 Å². The van der Waals surface area contributed by atoms with Crippen LogP contribution in [0.5, 0.6) is 0 Å². The summed E-state index contributed by atoms with van der Waals surface area (Å²) in [5.74, 6) is 1.88. The second kappa shape index (κ2) is 9.43. The molecule has 4 aromatic rings. The average molecular weight is 481 g/mol. The molecule has 1 aliphatic carbocycles. The number of hydrogen-bond acceptors (Lipinski definition) is 8. The van der Waals surface area contributed by atoms with Crippen LogP contribution in [0.25, 0.3) is 27.9 Å². The summed E-state index contributed by atoms with van der Waals surface area (Å²) in [7, 11) is 0. The van der Waals surface area contributed by atoms with E-state index in [-0.39, 0.29) is 11.9 Å². The van der Waals surface area contributed by atoms with Crippen molar-refractivity contribution in [1.29, 1.82) is 0 Å². The van der Waals surface area contributed by atoms with Crippen molar-refractivity contribution in [2.75, 3.05) is 23.7 Å². The minimum Gasteiger partial charge on any atom is -0.366 e. The molecule has 180 valence electrons. The van der Waals surface area contributed by atoms with E-state index in [1.165, 1.54) is 12.3 Å². The second-order valence-electron chi connectivity index (χ2n) is 9.07. The van der Waals surface area contributed by atoms with Crippen LogP contribution in [0.2, 0.25) is 0 Å². The minimum atomic E-state index is -0.452. The molecule has 5 heterocycles.